The molecule has 1 amide bonds. The van der Waals surface area contributed by atoms with E-state index in [0.29, 0.717) is 21.6 Å². The van der Waals surface area contributed by atoms with Crippen LogP contribution in [-0.2, 0) is 11.2 Å². The third-order valence-corrected chi connectivity index (χ3v) is 5.01. The summed E-state index contributed by atoms with van der Waals surface area (Å²) >= 11 is 1.31. The summed E-state index contributed by atoms with van der Waals surface area (Å²) in [5, 5.41) is 3.39. The topological polar surface area (TPSA) is 59.9 Å². The Labute approximate surface area is 169 Å². The molecule has 0 bridgehead atoms. The third kappa shape index (κ3) is 4.75. The summed E-state index contributed by atoms with van der Waals surface area (Å²) in [5.41, 5.74) is 2.86. The third-order valence-electron chi connectivity index (χ3n) is 4.10. The van der Waals surface area contributed by atoms with Gasteiger partial charge in [-0.2, -0.15) is 0 Å². The first-order valence-corrected chi connectivity index (χ1v) is 10.0. The predicted octanol–water partition coefficient (Wildman–Crippen LogP) is 4.94. The lowest BCUT2D eigenvalue weighted by Crippen LogP contribution is -2.19. The monoisotopic (exact) mass is 396 g/mol. The molecule has 146 valence electrons. The number of hydrogen-bond acceptors (Lipinski definition) is 5. The van der Waals surface area contributed by atoms with Crippen molar-refractivity contribution >= 4 is 34.6 Å². The van der Waals surface area contributed by atoms with Crippen LogP contribution in [0.2, 0.25) is 0 Å². The fraction of sp³-hybridized carbons (Fsp3) is 0.273. The van der Waals surface area contributed by atoms with Crippen LogP contribution in [0, 0.1) is 0 Å². The van der Waals surface area contributed by atoms with Gasteiger partial charge in [0.05, 0.1) is 23.8 Å². The Morgan fingerprint density at radius 1 is 1.18 bits per heavy atom. The van der Waals surface area contributed by atoms with E-state index in [1.807, 2.05) is 62.4 Å². The van der Waals surface area contributed by atoms with Gasteiger partial charge in [-0.3, -0.25) is 4.79 Å². The summed E-state index contributed by atoms with van der Waals surface area (Å²) in [7, 11) is 1.60. The molecule has 2 aromatic carbocycles. The summed E-state index contributed by atoms with van der Waals surface area (Å²) in [4.78, 5) is 17.5. The van der Waals surface area contributed by atoms with Crippen LogP contribution in [0.4, 0.5) is 5.69 Å². The fourth-order valence-electron chi connectivity index (χ4n) is 2.71. The molecule has 0 aromatic heterocycles. The average molecular weight is 397 g/mol. The highest BCUT2D eigenvalue weighted by atomic mass is 32.2. The van der Waals surface area contributed by atoms with E-state index >= 15 is 0 Å². The predicted molar refractivity (Wildman–Crippen MR) is 115 cm³/mol. The van der Waals surface area contributed by atoms with Gasteiger partial charge in [-0.05, 0) is 61.9 Å². The molecule has 1 aliphatic rings. The number of nitrogens with zero attached hydrogens (tertiary/aromatic N) is 1. The van der Waals surface area contributed by atoms with E-state index in [2.05, 4.69) is 17.2 Å². The van der Waals surface area contributed by atoms with Crippen LogP contribution in [0.25, 0.3) is 6.08 Å². The number of carbonyl (C=O) groups excluding carboxylic acids is 1. The number of nitrogens with one attached hydrogen (secondary N) is 1. The van der Waals surface area contributed by atoms with Crippen LogP contribution in [0.5, 0.6) is 11.5 Å². The highest BCUT2D eigenvalue weighted by molar-refractivity contribution is 8.18. The van der Waals surface area contributed by atoms with Gasteiger partial charge >= 0.3 is 0 Å². The van der Waals surface area contributed by atoms with Crippen molar-refractivity contribution in [2.75, 3.05) is 7.11 Å². The summed E-state index contributed by atoms with van der Waals surface area (Å²) < 4.78 is 11.3. The van der Waals surface area contributed by atoms with E-state index < -0.39 is 0 Å². The second-order valence-electron chi connectivity index (χ2n) is 6.55. The number of aryl methyl sites for hydroxylation is 1. The Morgan fingerprint density at radius 3 is 2.57 bits per heavy atom. The maximum atomic E-state index is 12.4. The molecule has 28 heavy (non-hydrogen) atoms. The molecule has 1 N–H and O–H groups in total. The van der Waals surface area contributed by atoms with Gasteiger partial charge in [0.1, 0.15) is 0 Å². The fourth-order valence-corrected chi connectivity index (χ4v) is 3.55. The van der Waals surface area contributed by atoms with Gasteiger partial charge in [0, 0.05) is 5.56 Å². The molecule has 1 aliphatic heterocycles. The number of amidine groups is 1. The number of aliphatic imine (C=N–C) groups is 1. The Kier molecular flexibility index (Phi) is 6.41. The number of amides is 1. The number of rotatable bonds is 6. The number of benzene rings is 2. The van der Waals surface area contributed by atoms with Gasteiger partial charge < -0.3 is 14.8 Å². The Morgan fingerprint density at radius 2 is 1.93 bits per heavy atom. The van der Waals surface area contributed by atoms with Gasteiger partial charge in [-0.1, -0.05) is 31.2 Å². The Bertz CT molecular complexity index is 918. The molecule has 5 nitrogen and oxygen atoms in total. The maximum absolute atomic E-state index is 12.4. The van der Waals surface area contributed by atoms with Crippen molar-refractivity contribution in [1.82, 2.24) is 5.32 Å². The average Bonchev–Trinajstić information content (AvgIpc) is 3.02. The number of para-hydroxylation sites is 1. The lowest BCUT2D eigenvalue weighted by Gasteiger charge is -2.16. The first kappa shape index (κ1) is 20.0. The molecule has 3 rings (SSSR count). The minimum atomic E-state index is -0.174. The molecule has 6 heteroatoms. The zero-order valence-corrected chi connectivity index (χ0v) is 17.3. The second-order valence-corrected chi connectivity index (χ2v) is 7.58. The Hall–Kier alpha value is -2.73. The van der Waals surface area contributed by atoms with E-state index in [9.17, 15) is 4.79 Å². The van der Waals surface area contributed by atoms with Crippen molar-refractivity contribution < 1.29 is 14.3 Å². The normalized spacial score (nSPS) is 16.7. The molecule has 1 saturated heterocycles. The van der Waals surface area contributed by atoms with Crippen LogP contribution in [0.15, 0.2) is 52.4 Å². The van der Waals surface area contributed by atoms with Crippen molar-refractivity contribution in [3.63, 3.8) is 0 Å². The van der Waals surface area contributed by atoms with E-state index in [-0.39, 0.29) is 12.0 Å². The molecular formula is C22H24N2O3S. The van der Waals surface area contributed by atoms with E-state index in [0.717, 1.165) is 17.7 Å². The highest BCUT2D eigenvalue weighted by Crippen LogP contribution is 2.36. The zero-order chi connectivity index (χ0) is 20.1. The first-order valence-electron chi connectivity index (χ1n) is 9.22. The highest BCUT2D eigenvalue weighted by Gasteiger charge is 2.25. The van der Waals surface area contributed by atoms with Crippen molar-refractivity contribution in [3.8, 4) is 11.5 Å². The SMILES string of the molecule is CCc1ccc(N=C2NC(=O)/C(=C/c3cccc(OC)c3OC(C)C)S2)cc1. The van der Waals surface area contributed by atoms with Crippen LogP contribution in [0.3, 0.4) is 0 Å². The molecular weight excluding hydrogens is 372 g/mol. The second kappa shape index (κ2) is 8.97. The van der Waals surface area contributed by atoms with Crippen molar-refractivity contribution in [2.24, 2.45) is 4.99 Å². The molecule has 0 atom stereocenters. The molecule has 0 saturated carbocycles. The van der Waals surface area contributed by atoms with Gasteiger partial charge in [0.15, 0.2) is 16.7 Å². The van der Waals surface area contributed by atoms with E-state index in [4.69, 9.17) is 9.47 Å². The van der Waals surface area contributed by atoms with Crippen molar-refractivity contribution in [1.29, 1.82) is 0 Å². The standard InChI is InChI=1S/C22H24N2O3S/c1-5-15-9-11-17(12-10-15)23-22-24-21(25)19(28-22)13-16-7-6-8-18(26-4)20(16)27-14(2)3/h6-14H,5H2,1-4H3,(H,23,24,25)/b19-13-. The van der Waals surface area contributed by atoms with Gasteiger partial charge in [-0.15, -0.1) is 0 Å². The number of methoxy groups -OCH3 is 1. The summed E-state index contributed by atoms with van der Waals surface area (Å²) in [6.07, 6.45) is 2.78. The maximum Gasteiger partial charge on any atom is 0.264 e. The smallest absolute Gasteiger partial charge is 0.264 e. The molecule has 0 aliphatic carbocycles. The van der Waals surface area contributed by atoms with Crippen LogP contribution < -0.4 is 14.8 Å². The van der Waals surface area contributed by atoms with Crippen LogP contribution in [-0.4, -0.2) is 24.3 Å². The number of hydrogen-bond donors (Lipinski definition) is 1. The number of thioether (sulfide) groups is 1. The van der Waals surface area contributed by atoms with Crippen LogP contribution in [0.1, 0.15) is 31.9 Å². The Balaban J connectivity index is 1.87. The summed E-state index contributed by atoms with van der Waals surface area (Å²) in [5.74, 6) is 1.09. The number of ether oxygens (including phenoxy) is 2. The van der Waals surface area contributed by atoms with Gasteiger partial charge in [-0.25, -0.2) is 4.99 Å². The van der Waals surface area contributed by atoms with Gasteiger partial charge in [0.2, 0.25) is 0 Å². The van der Waals surface area contributed by atoms with E-state index in [1.54, 1.807) is 7.11 Å². The lowest BCUT2D eigenvalue weighted by molar-refractivity contribution is -0.115. The lowest BCUT2D eigenvalue weighted by atomic mass is 10.1. The van der Waals surface area contributed by atoms with Crippen molar-refractivity contribution in [3.05, 3.63) is 58.5 Å². The summed E-state index contributed by atoms with van der Waals surface area (Å²) in [6, 6.07) is 13.6. The van der Waals surface area contributed by atoms with Gasteiger partial charge in [0.25, 0.3) is 5.91 Å². The molecule has 0 unspecified atom stereocenters. The summed E-state index contributed by atoms with van der Waals surface area (Å²) in [6.45, 7) is 6.02. The zero-order valence-electron chi connectivity index (χ0n) is 16.5. The first-order chi connectivity index (χ1) is 13.5. The minimum Gasteiger partial charge on any atom is -0.493 e. The molecule has 1 heterocycles. The van der Waals surface area contributed by atoms with Crippen LogP contribution >= 0.6 is 11.8 Å². The molecule has 1 fully saturated rings. The molecule has 0 spiro atoms. The molecule has 0 radical (unpaired) electrons. The number of carbonyl (C=O) groups is 1. The largest absolute Gasteiger partial charge is 0.493 e. The van der Waals surface area contributed by atoms with E-state index in [1.165, 1.54) is 17.3 Å². The van der Waals surface area contributed by atoms with Crippen molar-refractivity contribution in [2.45, 2.75) is 33.3 Å². The minimum absolute atomic E-state index is 0.0123. The quantitative estimate of drug-likeness (QED) is 0.703. The molecule has 2 aromatic rings.